The van der Waals surface area contributed by atoms with E-state index in [2.05, 4.69) is 29.6 Å². The third-order valence-electron chi connectivity index (χ3n) is 5.24. The second kappa shape index (κ2) is 7.15. The molecule has 2 aliphatic rings. The van der Waals surface area contributed by atoms with Gasteiger partial charge in [-0.05, 0) is 31.7 Å². The molecule has 0 radical (unpaired) electrons. The first-order valence-electron chi connectivity index (χ1n) is 9.30. The van der Waals surface area contributed by atoms with Gasteiger partial charge in [-0.2, -0.15) is 5.10 Å². The third-order valence-corrected chi connectivity index (χ3v) is 5.24. The van der Waals surface area contributed by atoms with Gasteiger partial charge < -0.3 is 10.6 Å². The van der Waals surface area contributed by atoms with E-state index in [4.69, 9.17) is 0 Å². The molecule has 1 saturated carbocycles. The SMILES string of the molecule is CC(C)c1nn(C)cc1CNCCCN1C(=O)NC2(CCCC2)C1=O. The van der Waals surface area contributed by atoms with Crippen LogP contribution in [0.25, 0.3) is 0 Å². The minimum atomic E-state index is -0.591. The van der Waals surface area contributed by atoms with Crippen LogP contribution in [-0.4, -0.2) is 45.2 Å². The molecule has 2 N–H and O–H groups in total. The van der Waals surface area contributed by atoms with Gasteiger partial charge in [0.05, 0.1) is 5.69 Å². The maximum absolute atomic E-state index is 12.6. The molecular weight excluding hydrogens is 318 g/mol. The smallest absolute Gasteiger partial charge is 0.323 e. The molecule has 0 atom stereocenters. The molecule has 1 spiro atoms. The van der Waals surface area contributed by atoms with Gasteiger partial charge in [0.2, 0.25) is 0 Å². The lowest BCUT2D eigenvalue weighted by Crippen LogP contribution is -2.44. The number of carbonyl (C=O) groups is 2. The van der Waals surface area contributed by atoms with Gasteiger partial charge in [-0.15, -0.1) is 0 Å². The van der Waals surface area contributed by atoms with Crippen LogP contribution in [0.1, 0.15) is 63.1 Å². The van der Waals surface area contributed by atoms with Crippen molar-refractivity contribution in [3.63, 3.8) is 0 Å². The minimum absolute atomic E-state index is 0.0237. The fourth-order valence-electron chi connectivity index (χ4n) is 3.96. The zero-order valence-corrected chi connectivity index (χ0v) is 15.5. The molecule has 7 heteroatoms. The molecule has 1 aliphatic heterocycles. The molecule has 1 aromatic heterocycles. The fourth-order valence-corrected chi connectivity index (χ4v) is 3.96. The number of aryl methyl sites for hydroxylation is 1. The van der Waals surface area contributed by atoms with Crippen LogP contribution < -0.4 is 10.6 Å². The lowest BCUT2D eigenvalue weighted by atomic mass is 9.98. The van der Waals surface area contributed by atoms with Gasteiger partial charge in [0.1, 0.15) is 5.54 Å². The van der Waals surface area contributed by atoms with Crippen LogP contribution in [0.2, 0.25) is 0 Å². The number of rotatable bonds is 7. The van der Waals surface area contributed by atoms with Crippen molar-refractivity contribution in [2.24, 2.45) is 7.05 Å². The Labute approximate surface area is 149 Å². The first-order chi connectivity index (χ1) is 11.9. The highest BCUT2D eigenvalue weighted by Gasteiger charge is 2.51. The summed E-state index contributed by atoms with van der Waals surface area (Å²) in [4.78, 5) is 26.1. The molecule has 1 saturated heterocycles. The topological polar surface area (TPSA) is 79.3 Å². The van der Waals surface area contributed by atoms with Gasteiger partial charge >= 0.3 is 6.03 Å². The summed E-state index contributed by atoms with van der Waals surface area (Å²) in [6.07, 6.45) is 6.40. The number of aromatic nitrogens is 2. The van der Waals surface area contributed by atoms with Crippen molar-refractivity contribution in [2.45, 2.75) is 64.0 Å². The molecule has 0 aromatic carbocycles. The Balaban J connectivity index is 1.45. The van der Waals surface area contributed by atoms with Crippen molar-refractivity contribution in [2.75, 3.05) is 13.1 Å². The molecule has 25 heavy (non-hydrogen) atoms. The van der Waals surface area contributed by atoms with Crippen molar-refractivity contribution >= 4 is 11.9 Å². The largest absolute Gasteiger partial charge is 0.325 e. The number of nitrogens with one attached hydrogen (secondary N) is 2. The van der Waals surface area contributed by atoms with Gasteiger partial charge in [0, 0.05) is 31.9 Å². The molecule has 1 aromatic rings. The van der Waals surface area contributed by atoms with Crippen molar-refractivity contribution in [3.05, 3.63) is 17.5 Å². The summed E-state index contributed by atoms with van der Waals surface area (Å²) in [5, 5.41) is 10.8. The predicted molar refractivity (Wildman–Crippen MR) is 95.1 cm³/mol. The van der Waals surface area contributed by atoms with E-state index in [0.717, 1.165) is 50.9 Å². The van der Waals surface area contributed by atoms with Crippen molar-refractivity contribution in [3.8, 4) is 0 Å². The van der Waals surface area contributed by atoms with Gasteiger partial charge in [-0.1, -0.05) is 26.7 Å². The molecule has 2 heterocycles. The first-order valence-corrected chi connectivity index (χ1v) is 9.30. The average Bonchev–Trinajstić information content (AvgIpc) is 3.22. The predicted octanol–water partition coefficient (Wildman–Crippen LogP) is 1.89. The molecule has 3 amide bonds. The van der Waals surface area contributed by atoms with Crippen LogP contribution >= 0.6 is 0 Å². The molecule has 0 unspecified atom stereocenters. The van der Waals surface area contributed by atoms with E-state index in [1.807, 2.05) is 17.9 Å². The molecule has 1 aliphatic carbocycles. The Morgan fingerprint density at radius 3 is 2.72 bits per heavy atom. The first kappa shape index (κ1) is 17.9. The Morgan fingerprint density at radius 1 is 1.32 bits per heavy atom. The lowest BCUT2D eigenvalue weighted by molar-refractivity contribution is -0.131. The highest BCUT2D eigenvalue weighted by Crippen LogP contribution is 2.34. The Kier molecular flexibility index (Phi) is 5.13. The standard InChI is InChI=1S/C18H29N5O2/c1-13(2)15-14(12-22(3)21-15)11-19-9-6-10-23-16(24)18(20-17(23)25)7-4-5-8-18/h12-13,19H,4-11H2,1-3H3,(H,20,25). The molecule has 0 bridgehead atoms. The summed E-state index contributed by atoms with van der Waals surface area (Å²) < 4.78 is 1.85. The Morgan fingerprint density at radius 2 is 2.04 bits per heavy atom. The quantitative estimate of drug-likeness (QED) is 0.583. The van der Waals surface area contributed by atoms with Crippen LogP contribution in [0, 0.1) is 0 Å². The van der Waals surface area contributed by atoms with Crippen LogP contribution in [-0.2, 0) is 18.4 Å². The Hall–Kier alpha value is -1.89. The molecular formula is C18H29N5O2. The zero-order chi connectivity index (χ0) is 18.0. The van der Waals surface area contributed by atoms with E-state index in [9.17, 15) is 9.59 Å². The normalized spacial score (nSPS) is 19.4. The maximum atomic E-state index is 12.6. The molecule has 7 nitrogen and oxygen atoms in total. The van der Waals surface area contributed by atoms with E-state index in [1.54, 1.807) is 0 Å². The van der Waals surface area contributed by atoms with Gasteiger partial charge in [0.15, 0.2) is 0 Å². The maximum Gasteiger partial charge on any atom is 0.325 e. The summed E-state index contributed by atoms with van der Waals surface area (Å²) in [6, 6.07) is -0.221. The lowest BCUT2D eigenvalue weighted by Gasteiger charge is -2.20. The number of nitrogens with zero attached hydrogens (tertiary/aromatic N) is 3. The summed E-state index contributed by atoms with van der Waals surface area (Å²) >= 11 is 0. The number of imide groups is 1. The second-order valence-electron chi connectivity index (χ2n) is 7.57. The van der Waals surface area contributed by atoms with E-state index >= 15 is 0 Å². The number of hydrogen-bond acceptors (Lipinski definition) is 4. The number of amides is 3. The monoisotopic (exact) mass is 347 g/mol. The number of hydrogen-bond donors (Lipinski definition) is 2. The third kappa shape index (κ3) is 3.56. The Bertz CT molecular complexity index is 646. The average molecular weight is 347 g/mol. The number of urea groups is 1. The summed E-state index contributed by atoms with van der Waals surface area (Å²) in [5.74, 6) is 0.371. The van der Waals surface area contributed by atoms with Crippen LogP contribution in [0.4, 0.5) is 4.79 Å². The van der Waals surface area contributed by atoms with Gasteiger partial charge in [0.25, 0.3) is 5.91 Å². The minimum Gasteiger partial charge on any atom is -0.323 e. The van der Waals surface area contributed by atoms with E-state index in [1.165, 1.54) is 10.5 Å². The summed E-state index contributed by atoms with van der Waals surface area (Å²) in [7, 11) is 1.94. The summed E-state index contributed by atoms with van der Waals surface area (Å²) in [6.45, 7) is 6.27. The highest BCUT2D eigenvalue weighted by atomic mass is 16.2. The van der Waals surface area contributed by atoms with Crippen LogP contribution in [0.5, 0.6) is 0 Å². The van der Waals surface area contributed by atoms with Gasteiger partial charge in [-0.25, -0.2) is 4.79 Å². The molecule has 3 rings (SSSR count). The zero-order valence-electron chi connectivity index (χ0n) is 15.5. The molecule has 138 valence electrons. The van der Waals surface area contributed by atoms with E-state index < -0.39 is 5.54 Å². The fraction of sp³-hybridized carbons (Fsp3) is 0.722. The van der Waals surface area contributed by atoms with Crippen molar-refractivity contribution in [1.82, 2.24) is 25.3 Å². The van der Waals surface area contributed by atoms with Crippen LogP contribution in [0.3, 0.4) is 0 Å². The highest BCUT2D eigenvalue weighted by molar-refractivity contribution is 6.07. The van der Waals surface area contributed by atoms with Crippen molar-refractivity contribution < 1.29 is 9.59 Å². The van der Waals surface area contributed by atoms with E-state index in [-0.39, 0.29) is 11.9 Å². The van der Waals surface area contributed by atoms with E-state index in [0.29, 0.717) is 12.5 Å². The van der Waals surface area contributed by atoms with Crippen LogP contribution in [0.15, 0.2) is 6.20 Å². The second-order valence-corrected chi connectivity index (χ2v) is 7.57. The molecule has 2 fully saturated rings. The summed E-state index contributed by atoms with van der Waals surface area (Å²) in [5.41, 5.74) is 1.73. The van der Waals surface area contributed by atoms with Crippen molar-refractivity contribution in [1.29, 1.82) is 0 Å². The van der Waals surface area contributed by atoms with Gasteiger partial charge in [-0.3, -0.25) is 14.4 Å². The number of carbonyl (C=O) groups excluding carboxylic acids is 2.